The second kappa shape index (κ2) is 6.42. The molecule has 6 nitrogen and oxygen atoms in total. The molecule has 0 aliphatic heterocycles. The van der Waals surface area contributed by atoms with Gasteiger partial charge < -0.3 is 5.32 Å². The largest absolute Gasteiger partial charge is 0.337 e. The van der Waals surface area contributed by atoms with E-state index in [1.54, 1.807) is 35.2 Å². The highest BCUT2D eigenvalue weighted by Gasteiger charge is 2.19. The van der Waals surface area contributed by atoms with Gasteiger partial charge in [-0.05, 0) is 38.3 Å². The van der Waals surface area contributed by atoms with E-state index in [0.717, 1.165) is 10.6 Å². The highest BCUT2D eigenvalue weighted by Crippen LogP contribution is 2.28. The van der Waals surface area contributed by atoms with E-state index in [9.17, 15) is 4.79 Å². The number of nitriles is 1. The maximum Gasteiger partial charge on any atom is 0.253 e. The summed E-state index contributed by atoms with van der Waals surface area (Å²) in [6.45, 7) is 5.68. The molecule has 7 heteroatoms. The van der Waals surface area contributed by atoms with Gasteiger partial charge in [0.2, 0.25) is 0 Å². The second-order valence-corrected chi connectivity index (χ2v) is 6.72. The van der Waals surface area contributed by atoms with Crippen molar-refractivity contribution < 1.29 is 4.79 Å². The summed E-state index contributed by atoms with van der Waals surface area (Å²) in [6, 6.07) is 7.25. The summed E-state index contributed by atoms with van der Waals surface area (Å²) < 4.78 is 1.80. The Kier molecular flexibility index (Phi) is 4.32. The molecule has 3 aromatic rings. The number of hydrogen-bond acceptors (Lipinski definition) is 5. The van der Waals surface area contributed by atoms with Crippen LogP contribution in [0, 0.1) is 11.3 Å². The van der Waals surface area contributed by atoms with E-state index in [1.165, 1.54) is 0 Å². The molecule has 0 radical (unpaired) electrons. The molecule has 3 heterocycles. The minimum atomic E-state index is -0.564. The van der Waals surface area contributed by atoms with Crippen molar-refractivity contribution in [2.24, 2.45) is 0 Å². The van der Waals surface area contributed by atoms with Crippen molar-refractivity contribution in [3.05, 3.63) is 35.3 Å². The normalized spacial score (nSPS) is 12.3. The zero-order chi connectivity index (χ0) is 17.3. The van der Waals surface area contributed by atoms with Gasteiger partial charge in [0.05, 0.1) is 33.8 Å². The average molecular weight is 339 g/mol. The van der Waals surface area contributed by atoms with Gasteiger partial charge in [-0.3, -0.25) is 4.79 Å². The maximum atomic E-state index is 12.6. The molecule has 0 bridgehead atoms. The zero-order valence-corrected chi connectivity index (χ0v) is 14.5. The van der Waals surface area contributed by atoms with Crippen molar-refractivity contribution in [1.29, 1.82) is 5.26 Å². The van der Waals surface area contributed by atoms with Gasteiger partial charge in [0.1, 0.15) is 6.04 Å². The van der Waals surface area contributed by atoms with Crippen molar-refractivity contribution in [3.63, 3.8) is 0 Å². The Hall–Kier alpha value is -2.72. The first-order chi connectivity index (χ1) is 11.5. The molecule has 122 valence electrons. The molecule has 0 spiro atoms. The van der Waals surface area contributed by atoms with Crippen molar-refractivity contribution in [2.45, 2.75) is 32.9 Å². The average Bonchev–Trinajstić information content (AvgIpc) is 3.22. The highest BCUT2D eigenvalue weighted by atomic mass is 32.1. The number of hydrogen-bond donors (Lipinski definition) is 1. The molecule has 1 N–H and O–H groups in total. The summed E-state index contributed by atoms with van der Waals surface area (Å²) in [5, 5.41) is 18.7. The van der Waals surface area contributed by atoms with Crippen LogP contribution in [0.2, 0.25) is 0 Å². The van der Waals surface area contributed by atoms with Gasteiger partial charge in [0.25, 0.3) is 5.91 Å². The molecule has 0 aliphatic carbocycles. The maximum absolute atomic E-state index is 12.6. The van der Waals surface area contributed by atoms with E-state index >= 15 is 0 Å². The summed E-state index contributed by atoms with van der Waals surface area (Å²) in [5.41, 5.74) is 1.89. The third kappa shape index (κ3) is 2.88. The molecule has 3 aromatic heterocycles. The van der Waals surface area contributed by atoms with Crippen molar-refractivity contribution >= 4 is 28.3 Å². The van der Waals surface area contributed by atoms with Gasteiger partial charge in [-0.25, -0.2) is 9.67 Å². The predicted molar refractivity (Wildman–Crippen MR) is 93.8 cm³/mol. The van der Waals surface area contributed by atoms with Crippen LogP contribution in [0.25, 0.3) is 21.6 Å². The van der Waals surface area contributed by atoms with Gasteiger partial charge in [0, 0.05) is 6.04 Å². The standard InChI is InChI=1S/C17H17N5OS/c1-10(2)22-16-13(9-19-22)12(17(23)20-11(3)8-18)7-14(21-16)15-5-4-6-24-15/h4-7,9-11H,1-3H3,(H,20,23)/t11-/m1/s1. The first kappa shape index (κ1) is 16.1. The lowest BCUT2D eigenvalue weighted by atomic mass is 10.1. The Morgan fingerprint density at radius 1 is 1.42 bits per heavy atom. The van der Waals surface area contributed by atoms with Crippen molar-refractivity contribution in [2.75, 3.05) is 0 Å². The van der Waals surface area contributed by atoms with E-state index in [2.05, 4.69) is 10.4 Å². The number of carbonyl (C=O) groups excluding carboxylic acids is 1. The Labute approximate surface area is 143 Å². The number of pyridine rings is 1. The van der Waals surface area contributed by atoms with Gasteiger partial charge in [-0.15, -0.1) is 11.3 Å². The molecule has 3 rings (SSSR count). The van der Waals surface area contributed by atoms with Crippen LogP contribution < -0.4 is 5.32 Å². The van der Waals surface area contributed by atoms with Gasteiger partial charge >= 0.3 is 0 Å². The number of nitrogens with zero attached hydrogens (tertiary/aromatic N) is 4. The van der Waals surface area contributed by atoms with Crippen molar-refractivity contribution in [3.8, 4) is 16.6 Å². The van der Waals surface area contributed by atoms with Gasteiger partial charge in [-0.2, -0.15) is 10.4 Å². The minimum Gasteiger partial charge on any atom is -0.337 e. The Morgan fingerprint density at radius 3 is 2.83 bits per heavy atom. The molecule has 1 atom stereocenters. The lowest BCUT2D eigenvalue weighted by Gasteiger charge is -2.11. The van der Waals surface area contributed by atoms with Crippen LogP contribution >= 0.6 is 11.3 Å². The van der Waals surface area contributed by atoms with Gasteiger partial charge in [0.15, 0.2) is 5.65 Å². The molecule has 0 fully saturated rings. The number of amides is 1. The Bertz CT molecular complexity index is 921. The lowest BCUT2D eigenvalue weighted by Crippen LogP contribution is -2.31. The van der Waals surface area contributed by atoms with Crippen LogP contribution in [-0.2, 0) is 0 Å². The molecule has 0 unspecified atom stereocenters. The molecular formula is C17H17N5OS. The van der Waals surface area contributed by atoms with Crippen LogP contribution in [0.4, 0.5) is 0 Å². The van der Waals surface area contributed by atoms with Crippen molar-refractivity contribution in [1.82, 2.24) is 20.1 Å². The molecule has 0 saturated carbocycles. The fourth-order valence-electron chi connectivity index (χ4n) is 2.44. The predicted octanol–water partition coefficient (Wildman–Crippen LogP) is 3.38. The SMILES string of the molecule is CC(C)n1ncc2c(C(=O)N[C@H](C)C#N)cc(-c3cccs3)nc21. The smallest absolute Gasteiger partial charge is 0.253 e. The third-order valence-corrected chi connectivity index (χ3v) is 4.51. The summed E-state index contributed by atoms with van der Waals surface area (Å²) in [6.07, 6.45) is 1.66. The molecule has 24 heavy (non-hydrogen) atoms. The topological polar surface area (TPSA) is 83.6 Å². The van der Waals surface area contributed by atoms with E-state index in [1.807, 2.05) is 37.4 Å². The van der Waals surface area contributed by atoms with E-state index in [-0.39, 0.29) is 11.9 Å². The number of carbonyl (C=O) groups is 1. The molecule has 0 saturated heterocycles. The zero-order valence-electron chi connectivity index (χ0n) is 13.6. The quantitative estimate of drug-likeness (QED) is 0.790. The Balaban J connectivity index is 2.19. The first-order valence-corrected chi connectivity index (χ1v) is 8.52. The second-order valence-electron chi connectivity index (χ2n) is 5.78. The number of fused-ring (bicyclic) bond motifs is 1. The first-order valence-electron chi connectivity index (χ1n) is 7.64. The number of aromatic nitrogens is 3. The Morgan fingerprint density at radius 2 is 2.21 bits per heavy atom. The fraction of sp³-hybridized carbons (Fsp3) is 0.294. The van der Waals surface area contributed by atoms with Gasteiger partial charge in [-0.1, -0.05) is 6.07 Å². The van der Waals surface area contributed by atoms with Crippen LogP contribution in [0.3, 0.4) is 0 Å². The number of nitrogens with one attached hydrogen (secondary N) is 1. The molecule has 0 aromatic carbocycles. The van der Waals surface area contributed by atoms with E-state index in [0.29, 0.717) is 16.6 Å². The number of thiophene rings is 1. The molecule has 1 amide bonds. The lowest BCUT2D eigenvalue weighted by molar-refractivity contribution is 0.0949. The molecule has 0 aliphatic rings. The fourth-order valence-corrected chi connectivity index (χ4v) is 3.13. The summed E-state index contributed by atoms with van der Waals surface area (Å²) in [4.78, 5) is 18.3. The third-order valence-electron chi connectivity index (χ3n) is 3.62. The van der Waals surface area contributed by atoms with Crippen LogP contribution in [0.1, 0.15) is 37.2 Å². The summed E-state index contributed by atoms with van der Waals surface area (Å²) in [5.74, 6) is -0.294. The van der Waals surface area contributed by atoms with Crippen LogP contribution in [0.15, 0.2) is 29.8 Å². The minimum absolute atomic E-state index is 0.127. The van der Waals surface area contributed by atoms with E-state index < -0.39 is 6.04 Å². The monoisotopic (exact) mass is 339 g/mol. The number of rotatable bonds is 4. The van der Waals surface area contributed by atoms with Crippen LogP contribution in [-0.4, -0.2) is 26.7 Å². The summed E-state index contributed by atoms with van der Waals surface area (Å²) >= 11 is 1.56. The highest BCUT2D eigenvalue weighted by molar-refractivity contribution is 7.13. The van der Waals surface area contributed by atoms with Crippen LogP contribution in [0.5, 0.6) is 0 Å². The summed E-state index contributed by atoms with van der Waals surface area (Å²) in [7, 11) is 0. The molecular weight excluding hydrogens is 322 g/mol. The van der Waals surface area contributed by atoms with E-state index in [4.69, 9.17) is 10.2 Å².